The highest BCUT2D eigenvalue weighted by Crippen LogP contribution is 2.28. The standard InChI is InChI=1S/C17H23FN2O/c18-15-5-4-14-7-16(20-17(14)8-15)10-19-9-12-2-1-3-13(6-12)11-21/h4-5,7-8,12-13,19-21H,1-3,6,9-11H2/t12-,13+/m0/s1. The molecular weight excluding hydrogens is 267 g/mol. The largest absolute Gasteiger partial charge is 0.396 e. The van der Waals surface area contributed by atoms with Crippen molar-refractivity contribution in [3.63, 3.8) is 0 Å². The van der Waals surface area contributed by atoms with Crippen molar-refractivity contribution in [3.8, 4) is 0 Å². The van der Waals surface area contributed by atoms with E-state index in [0.717, 1.165) is 36.1 Å². The Balaban J connectivity index is 1.52. The molecule has 114 valence electrons. The SMILES string of the molecule is OC[C@@H]1CCC[C@H](CNCc2cc3ccc(F)cc3[nH]2)C1. The van der Waals surface area contributed by atoms with Crippen LogP contribution in [0.15, 0.2) is 24.3 Å². The van der Waals surface area contributed by atoms with Gasteiger partial charge in [0.05, 0.1) is 0 Å². The molecule has 0 radical (unpaired) electrons. The molecule has 0 saturated heterocycles. The fourth-order valence-electron chi connectivity index (χ4n) is 3.42. The Morgan fingerprint density at radius 2 is 2.10 bits per heavy atom. The van der Waals surface area contributed by atoms with E-state index in [-0.39, 0.29) is 5.82 Å². The molecule has 1 fully saturated rings. The number of rotatable bonds is 5. The van der Waals surface area contributed by atoms with Gasteiger partial charge in [-0.05, 0) is 67.3 Å². The van der Waals surface area contributed by atoms with Crippen molar-refractivity contribution in [1.82, 2.24) is 10.3 Å². The topological polar surface area (TPSA) is 48.0 Å². The minimum Gasteiger partial charge on any atom is -0.396 e. The second kappa shape index (κ2) is 6.58. The van der Waals surface area contributed by atoms with Crippen molar-refractivity contribution in [2.45, 2.75) is 32.2 Å². The van der Waals surface area contributed by atoms with Crippen LogP contribution in [0.2, 0.25) is 0 Å². The maximum atomic E-state index is 13.2. The summed E-state index contributed by atoms with van der Waals surface area (Å²) in [6.45, 7) is 2.08. The van der Waals surface area contributed by atoms with Gasteiger partial charge in [0.15, 0.2) is 0 Å². The highest BCUT2D eigenvalue weighted by molar-refractivity contribution is 5.80. The summed E-state index contributed by atoms with van der Waals surface area (Å²) < 4.78 is 13.2. The Morgan fingerprint density at radius 1 is 1.24 bits per heavy atom. The van der Waals surface area contributed by atoms with Gasteiger partial charge in [0.1, 0.15) is 5.82 Å². The van der Waals surface area contributed by atoms with Gasteiger partial charge in [0.25, 0.3) is 0 Å². The zero-order valence-corrected chi connectivity index (χ0v) is 12.2. The van der Waals surface area contributed by atoms with E-state index in [9.17, 15) is 9.50 Å². The van der Waals surface area contributed by atoms with Crippen molar-refractivity contribution in [2.24, 2.45) is 11.8 Å². The van der Waals surface area contributed by atoms with Gasteiger partial charge in [-0.2, -0.15) is 0 Å². The lowest BCUT2D eigenvalue weighted by Crippen LogP contribution is -2.28. The monoisotopic (exact) mass is 290 g/mol. The van der Waals surface area contributed by atoms with E-state index in [1.807, 2.05) is 0 Å². The second-order valence-electron chi connectivity index (χ2n) is 6.24. The van der Waals surface area contributed by atoms with E-state index in [1.54, 1.807) is 6.07 Å². The molecule has 1 aliphatic carbocycles. The lowest BCUT2D eigenvalue weighted by atomic mass is 9.82. The Morgan fingerprint density at radius 3 is 2.95 bits per heavy atom. The van der Waals surface area contributed by atoms with Crippen LogP contribution in [0.4, 0.5) is 4.39 Å². The number of benzene rings is 1. The molecular formula is C17H23FN2O. The quantitative estimate of drug-likeness (QED) is 0.792. The van der Waals surface area contributed by atoms with Gasteiger partial charge in [-0.1, -0.05) is 6.42 Å². The number of fused-ring (bicyclic) bond motifs is 1. The predicted molar refractivity (Wildman–Crippen MR) is 82.5 cm³/mol. The molecule has 2 atom stereocenters. The van der Waals surface area contributed by atoms with Gasteiger partial charge in [0.2, 0.25) is 0 Å². The lowest BCUT2D eigenvalue weighted by molar-refractivity contribution is 0.159. The Labute approximate surface area is 124 Å². The smallest absolute Gasteiger partial charge is 0.125 e. The summed E-state index contributed by atoms with van der Waals surface area (Å²) in [5, 5.41) is 13.8. The van der Waals surface area contributed by atoms with E-state index in [0.29, 0.717) is 18.4 Å². The molecule has 1 aromatic heterocycles. The third kappa shape index (κ3) is 3.63. The number of aliphatic hydroxyl groups is 1. The van der Waals surface area contributed by atoms with E-state index >= 15 is 0 Å². The van der Waals surface area contributed by atoms with Crippen LogP contribution in [0, 0.1) is 17.7 Å². The summed E-state index contributed by atoms with van der Waals surface area (Å²) in [4.78, 5) is 3.25. The Hall–Kier alpha value is -1.39. The van der Waals surface area contributed by atoms with Crippen LogP contribution in [-0.4, -0.2) is 23.2 Å². The van der Waals surface area contributed by atoms with E-state index < -0.39 is 0 Å². The number of hydrogen-bond acceptors (Lipinski definition) is 2. The van der Waals surface area contributed by atoms with Crippen molar-refractivity contribution in [1.29, 1.82) is 0 Å². The van der Waals surface area contributed by atoms with Gasteiger partial charge in [0, 0.05) is 24.4 Å². The second-order valence-corrected chi connectivity index (χ2v) is 6.24. The molecule has 1 heterocycles. The summed E-state index contributed by atoms with van der Waals surface area (Å²) in [6, 6.07) is 6.90. The van der Waals surface area contributed by atoms with E-state index in [2.05, 4.69) is 16.4 Å². The Kier molecular flexibility index (Phi) is 4.56. The predicted octanol–water partition coefficient (Wildman–Crippen LogP) is 3.20. The lowest BCUT2D eigenvalue weighted by Gasteiger charge is -2.28. The van der Waals surface area contributed by atoms with Gasteiger partial charge in [-0.15, -0.1) is 0 Å². The van der Waals surface area contributed by atoms with E-state index in [1.165, 1.54) is 31.4 Å². The van der Waals surface area contributed by atoms with Gasteiger partial charge < -0.3 is 15.4 Å². The summed E-state index contributed by atoms with van der Waals surface area (Å²) in [5.74, 6) is 0.945. The first-order valence-corrected chi connectivity index (χ1v) is 7.83. The Bertz CT molecular complexity index is 595. The van der Waals surface area contributed by atoms with Crippen molar-refractivity contribution in [3.05, 3.63) is 35.8 Å². The van der Waals surface area contributed by atoms with Crippen LogP contribution < -0.4 is 5.32 Å². The van der Waals surface area contributed by atoms with Crippen LogP contribution in [0.3, 0.4) is 0 Å². The van der Waals surface area contributed by atoms with Crippen molar-refractivity contribution in [2.75, 3.05) is 13.2 Å². The number of hydrogen-bond donors (Lipinski definition) is 3. The third-order valence-electron chi connectivity index (χ3n) is 4.54. The molecule has 0 amide bonds. The fraction of sp³-hybridized carbons (Fsp3) is 0.529. The number of nitrogens with one attached hydrogen (secondary N) is 2. The molecule has 21 heavy (non-hydrogen) atoms. The summed E-state index contributed by atoms with van der Waals surface area (Å²) in [6.07, 6.45) is 4.77. The molecule has 0 spiro atoms. The molecule has 3 N–H and O–H groups in total. The highest BCUT2D eigenvalue weighted by Gasteiger charge is 2.20. The molecule has 1 saturated carbocycles. The first kappa shape index (κ1) is 14.5. The number of H-pyrrole nitrogens is 1. The zero-order chi connectivity index (χ0) is 14.7. The minimum absolute atomic E-state index is 0.207. The average Bonchev–Trinajstić information content (AvgIpc) is 2.89. The molecule has 3 nitrogen and oxygen atoms in total. The van der Waals surface area contributed by atoms with Crippen LogP contribution in [0.25, 0.3) is 10.9 Å². The minimum atomic E-state index is -0.207. The van der Waals surface area contributed by atoms with Crippen molar-refractivity contribution < 1.29 is 9.50 Å². The van der Waals surface area contributed by atoms with Gasteiger partial charge >= 0.3 is 0 Å². The summed E-state index contributed by atoms with van der Waals surface area (Å²) in [5.41, 5.74) is 1.94. The van der Waals surface area contributed by atoms with Gasteiger partial charge in [-0.3, -0.25) is 0 Å². The van der Waals surface area contributed by atoms with Crippen LogP contribution in [0.5, 0.6) is 0 Å². The first-order chi connectivity index (χ1) is 10.2. The van der Waals surface area contributed by atoms with Crippen molar-refractivity contribution >= 4 is 10.9 Å². The molecule has 3 rings (SSSR count). The van der Waals surface area contributed by atoms with Crippen LogP contribution in [0.1, 0.15) is 31.4 Å². The van der Waals surface area contributed by atoms with E-state index in [4.69, 9.17) is 0 Å². The summed E-state index contributed by atoms with van der Waals surface area (Å²) in [7, 11) is 0. The van der Waals surface area contributed by atoms with Gasteiger partial charge in [-0.25, -0.2) is 4.39 Å². The maximum Gasteiger partial charge on any atom is 0.125 e. The normalized spacial score (nSPS) is 22.8. The molecule has 4 heteroatoms. The third-order valence-corrected chi connectivity index (χ3v) is 4.54. The number of aliphatic hydroxyl groups excluding tert-OH is 1. The van der Waals surface area contributed by atoms with Crippen LogP contribution >= 0.6 is 0 Å². The molecule has 0 unspecified atom stereocenters. The maximum absolute atomic E-state index is 13.2. The fourth-order valence-corrected chi connectivity index (χ4v) is 3.42. The zero-order valence-electron chi connectivity index (χ0n) is 12.2. The molecule has 0 aliphatic heterocycles. The molecule has 1 aliphatic rings. The first-order valence-electron chi connectivity index (χ1n) is 7.83. The summed E-state index contributed by atoms with van der Waals surface area (Å²) >= 11 is 0. The molecule has 1 aromatic carbocycles. The number of halogens is 1. The molecule has 0 bridgehead atoms. The average molecular weight is 290 g/mol. The number of aromatic nitrogens is 1. The van der Waals surface area contributed by atoms with Crippen LogP contribution in [-0.2, 0) is 6.54 Å². The molecule has 2 aromatic rings. The number of aromatic amines is 1. The highest BCUT2D eigenvalue weighted by atomic mass is 19.1.